The fourth-order valence-electron chi connectivity index (χ4n) is 3.96. The van der Waals surface area contributed by atoms with E-state index in [1.165, 1.54) is 11.1 Å². The molecule has 1 N–H and O–H groups in total. The minimum absolute atomic E-state index is 0. The summed E-state index contributed by atoms with van der Waals surface area (Å²) in [4.78, 5) is 15.2. The summed E-state index contributed by atoms with van der Waals surface area (Å²) in [6.45, 7) is 5.07. The summed E-state index contributed by atoms with van der Waals surface area (Å²) in [5.41, 5.74) is 2.92. The van der Waals surface area contributed by atoms with Crippen molar-refractivity contribution < 1.29 is 4.79 Å². The highest BCUT2D eigenvalue weighted by Crippen LogP contribution is 2.27. The molecule has 128 valence electrons. The minimum atomic E-state index is 0. The number of aryl methyl sites for hydroxylation is 1. The predicted molar refractivity (Wildman–Crippen MR) is 97.1 cm³/mol. The van der Waals surface area contributed by atoms with Crippen molar-refractivity contribution in [2.24, 2.45) is 5.92 Å². The van der Waals surface area contributed by atoms with Gasteiger partial charge in [0.1, 0.15) is 0 Å². The molecule has 3 nitrogen and oxygen atoms in total. The van der Waals surface area contributed by atoms with Gasteiger partial charge in [0.15, 0.2) is 0 Å². The molecule has 1 heterocycles. The Balaban J connectivity index is 0.00000192. The Morgan fingerprint density at radius 1 is 1.17 bits per heavy atom. The van der Waals surface area contributed by atoms with E-state index in [4.69, 9.17) is 0 Å². The van der Waals surface area contributed by atoms with Crippen LogP contribution in [0.15, 0.2) is 24.3 Å². The van der Waals surface area contributed by atoms with Crippen LogP contribution in [0.5, 0.6) is 0 Å². The number of hydrogen-bond acceptors (Lipinski definition) is 2. The third-order valence-electron chi connectivity index (χ3n) is 5.20. The monoisotopic (exact) mass is 336 g/mol. The topological polar surface area (TPSA) is 32.3 Å². The predicted octanol–water partition coefficient (Wildman–Crippen LogP) is 3.20. The first-order chi connectivity index (χ1) is 10.8. The molecule has 0 spiro atoms. The molecule has 1 aromatic rings. The number of nitrogens with zero attached hydrogens (tertiary/aromatic N) is 1. The van der Waals surface area contributed by atoms with E-state index in [2.05, 4.69) is 41.4 Å². The minimum Gasteiger partial charge on any atom is -0.339 e. The van der Waals surface area contributed by atoms with Crippen LogP contribution in [-0.4, -0.2) is 36.5 Å². The van der Waals surface area contributed by atoms with Gasteiger partial charge < -0.3 is 10.2 Å². The smallest absolute Gasteiger partial charge is 0.226 e. The first-order valence-corrected chi connectivity index (χ1v) is 8.87. The van der Waals surface area contributed by atoms with Crippen molar-refractivity contribution in [2.45, 2.75) is 51.5 Å². The van der Waals surface area contributed by atoms with Crippen LogP contribution in [0.25, 0.3) is 0 Å². The Morgan fingerprint density at radius 2 is 1.87 bits per heavy atom. The number of nitrogens with one attached hydrogen (secondary N) is 1. The van der Waals surface area contributed by atoms with E-state index in [0.29, 0.717) is 11.9 Å². The highest BCUT2D eigenvalue weighted by Gasteiger charge is 2.31. The van der Waals surface area contributed by atoms with E-state index in [-0.39, 0.29) is 18.3 Å². The zero-order chi connectivity index (χ0) is 15.4. The number of fused-ring (bicyclic) bond motifs is 1. The Morgan fingerprint density at radius 3 is 2.57 bits per heavy atom. The standard InChI is InChI=1S/C19H28N2O.ClH/c1-2-13-21(19(22)16-9-11-20-12-10-16)18-8-7-15-5-3-4-6-17(15)14-18;/h3-6,16,18,20H,2,7-14H2,1H3;1H. The average Bonchev–Trinajstić information content (AvgIpc) is 2.59. The van der Waals surface area contributed by atoms with Crippen molar-refractivity contribution >= 4 is 18.3 Å². The molecule has 2 aliphatic rings. The van der Waals surface area contributed by atoms with Gasteiger partial charge in [-0.2, -0.15) is 0 Å². The number of hydrogen-bond donors (Lipinski definition) is 1. The Labute approximate surface area is 146 Å². The number of benzene rings is 1. The lowest BCUT2D eigenvalue weighted by Gasteiger charge is -2.38. The van der Waals surface area contributed by atoms with Gasteiger partial charge in [0.25, 0.3) is 0 Å². The molecule has 4 heteroatoms. The molecule has 1 aromatic carbocycles. The van der Waals surface area contributed by atoms with Gasteiger partial charge in [-0.05, 0) is 62.7 Å². The molecule has 1 aliphatic carbocycles. The van der Waals surface area contributed by atoms with Gasteiger partial charge >= 0.3 is 0 Å². The summed E-state index contributed by atoms with van der Waals surface area (Å²) in [6.07, 6.45) is 6.32. The normalized spacial score (nSPS) is 21.2. The van der Waals surface area contributed by atoms with Gasteiger partial charge in [-0.1, -0.05) is 31.2 Å². The fraction of sp³-hybridized carbons (Fsp3) is 0.632. The van der Waals surface area contributed by atoms with E-state index in [0.717, 1.165) is 58.2 Å². The summed E-state index contributed by atoms with van der Waals surface area (Å²) < 4.78 is 0. The third-order valence-corrected chi connectivity index (χ3v) is 5.20. The van der Waals surface area contributed by atoms with Gasteiger partial charge in [0.05, 0.1) is 0 Å². The van der Waals surface area contributed by atoms with Crippen LogP contribution in [0.3, 0.4) is 0 Å². The van der Waals surface area contributed by atoms with Gasteiger partial charge in [-0.15, -0.1) is 12.4 Å². The number of carbonyl (C=O) groups excluding carboxylic acids is 1. The average molecular weight is 337 g/mol. The van der Waals surface area contributed by atoms with Gasteiger partial charge in [0, 0.05) is 18.5 Å². The summed E-state index contributed by atoms with van der Waals surface area (Å²) in [7, 11) is 0. The number of halogens is 1. The van der Waals surface area contributed by atoms with Crippen LogP contribution in [0, 0.1) is 5.92 Å². The van der Waals surface area contributed by atoms with E-state index in [1.807, 2.05) is 0 Å². The molecule has 0 radical (unpaired) electrons. The van der Waals surface area contributed by atoms with Crippen molar-refractivity contribution in [2.75, 3.05) is 19.6 Å². The Bertz CT molecular complexity index is 514. The van der Waals surface area contributed by atoms with Gasteiger partial charge in [-0.3, -0.25) is 4.79 Å². The second-order valence-electron chi connectivity index (χ2n) is 6.72. The molecule has 3 rings (SSSR count). The van der Waals surface area contributed by atoms with E-state index < -0.39 is 0 Å². The summed E-state index contributed by atoms with van der Waals surface area (Å²) in [5.74, 6) is 0.651. The lowest BCUT2D eigenvalue weighted by molar-refractivity contribution is -0.139. The molecule has 23 heavy (non-hydrogen) atoms. The van der Waals surface area contributed by atoms with Gasteiger partial charge in [0.2, 0.25) is 5.91 Å². The molecule has 1 amide bonds. The van der Waals surface area contributed by atoms with Crippen LogP contribution in [-0.2, 0) is 17.6 Å². The second kappa shape index (κ2) is 8.70. The molecule has 1 saturated heterocycles. The quantitative estimate of drug-likeness (QED) is 0.915. The maximum atomic E-state index is 13.0. The second-order valence-corrected chi connectivity index (χ2v) is 6.72. The zero-order valence-electron chi connectivity index (χ0n) is 14.1. The first-order valence-electron chi connectivity index (χ1n) is 8.87. The lowest BCUT2D eigenvalue weighted by atomic mass is 9.86. The molecule has 1 aliphatic heterocycles. The number of carbonyl (C=O) groups is 1. The molecule has 0 saturated carbocycles. The summed E-state index contributed by atoms with van der Waals surface area (Å²) in [6, 6.07) is 9.13. The molecular weight excluding hydrogens is 308 g/mol. The molecule has 0 bridgehead atoms. The van der Waals surface area contributed by atoms with Crippen LogP contribution < -0.4 is 5.32 Å². The van der Waals surface area contributed by atoms with Crippen LogP contribution in [0.4, 0.5) is 0 Å². The fourth-order valence-corrected chi connectivity index (χ4v) is 3.96. The summed E-state index contributed by atoms with van der Waals surface area (Å²) in [5, 5.41) is 3.36. The molecule has 1 fully saturated rings. The Hall–Kier alpha value is -1.06. The highest BCUT2D eigenvalue weighted by molar-refractivity contribution is 5.85. The van der Waals surface area contributed by atoms with Crippen LogP contribution in [0.1, 0.15) is 43.7 Å². The maximum Gasteiger partial charge on any atom is 0.226 e. The van der Waals surface area contributed by atoms with Crippen LogP contribution >= 0.6 is 12.4 Å². The lowest BCUT2D eigenvalue weighted by Crippen LogP contribution is -2.48. The molecule has 1 unspecified atom stereocenters. The van der Waals surface area contributed by atoms with Crippen molar-refractivity contribution in [3.8, 4) is 0 Å². The molecule has 1 atom stereocenters. The van der Waals surface area contributed by atoms with E-state index in [1.54, 1.807) is 0 Å². The van der Waals surface area contributed by atoms with Crippen molar-refractivity contribution in [1.29, 1.82) is 0 Å². The summed E-state index contributed by atoms with van der Waals surface area (Å²) >= 11 is 0. The first kappa shape index (κ1) is 18.3. The van der Waals surface area contributed by atoms with Crippen molar-refractivity contribution in [3.63, 3.8) is 0 Å². The van der Waals surface area contributed by atoms with Crippen molar-refractivity contribution in [1.82, 2.24) is 10.2 Å². The number of rotatable bonds is 4. The third kappa shape index (κ3) is 4.27. The Kier molecular flexibility index (Phi) is 6.91. The highest BCUT2D eigenvalue weighted by atomic mass is 35.5. The zero-order valence-corrected chi connectivity index (χ0v) is 14.9. The van der Waals surface area contributed by atoms with Crippen molar-refractivity contribution in [3.05, 3.63) is 35.4 Å². The van der Waals surface area contributed by atoms with Crippen LogP contribution in [0.2, 0.25) is 0 Å². The van der Waals surface area contributed by atoms with Gasteiger partial charge in [-0.25, -0.2) is 0 Å². The van der Waals surface area contributed by atoms with E-state index in [9.17, 15) is 4.79 Å². The maximum absolute atomic E-state index is 13.0. The molecule has 0 aromatic heterocycles. The number of piperidine rings is 1. The van der Waals surface area contributed by atoms with E-state index >= 15 is 0 Å². The molecular formula is C19H29ClN2O. The SMILES string of the molecule is CCCN(C(=O)C1CCNCC1)C1CCc2ccccc2C1.Cl. The number of amides is 1. The largest absolute Gasteiger partial charge is 0.339 e.